The fraction of sp³-hybridized carbons (Fsp3) is 0.312. The molecule has 23 heavy (non-hydrogen) atoms. The minimum Gasteiger partial charge on any atom is -0.399 e. The molecule has 4 nitrogen and oxygen atoms in total. The van der Waals surface area contributed by atoms with E-state index in [1.807, 2.05) is 24.0 Å². The lowest BCUT2D eigenvalue weighted by molar-refractivity contribution is 0.0746. The van der Waals surface area contributed by atoms with E-state index in [9.17, 15) is 4.79 Å². The smallest absolute Gasteiger partial charge is 0.254 e. The number of halogens is 2. The van der Waals surface area contributed by atoms with E-state index in [1.165, 1.54) is 5.00 Å². The van der Waals surface area contributed by atoms with Gasteiger partial charge in [-0.05, 0) is 42.1 Å². The first-order chi connectivity index (χ1) is 10.1. The van der Waals surface area contributed by atoms with Gasteiger partial charge in [-0.1, -0.05) is 6.07 Å². The molecule has 0 radical (unpaired) electrons. The molecule has 126 valence electrons. The molecule has 2 heterocycles. The summed E-state index contributed by atoms with van der Waals surface area (Å²) in [5.41, 5.74) is 8.15. The van der Waals surface area contributed by atoms with Gasteiger partial charge in [0.05, 0.1) is 5.00 Å². The minimum absolute atomic E-state index is 0. The number of benzene rings is 1. The zero-order valence-electron chi connectivity index (χ0n) is 12.9. The molecule has 0 aliphatic carbocycles. The molecule has 1 fully saturated rings. The standard InChI is InChI=1S/C16H19N3OS.2ClH/c1-12-4-5-13(17)11-14(12)16(20)19-8-6-18(7-9-19)15-3-2-10-21-15;;/h2-5,10-11H,6-9,17H2,1H3;2*1H. The topological polar surface area (TPSA) is 49.6 Å². The zero-order valence-corrected chi connectivity index (χ0v) is 15.3. The third-order valence-electron chi connectivity index (χ3n) is 3.88. The van der Waals surface area contributed by atoms with Crippen molar-refractivity contribution in [2.75, 3.05) is 36.8 Å². The van der Waals surface area contributed by atoms with Crippen LogP contribution in [0.15, 0.2) is 35.7 Å². The summed E-state index contributed by atoms with van der Waals surface area (Å²) in [4.78, 5) is 16.9. The number of carbonyl (C=O) groups excluding carboxylic acids is 1. The highest BCUT2D eigenvalue weighted by atomic mass is 35.5. The summed E-state index contributed by atoms with van der Waals surface area (Å²) in [6, 6.07) is 9.71. The fourth-order valence-electron chi connectivity index (χ4n) is 2.62. The molecule has 1 aliphatic heterocycles. The number of thiophene rings is 1. The van der Waals surface area contributed by atoms with Crippen LogP contribution in [0.2, 0.25) is 0 Å². The third-order valence-corrected chi connectivity index (χ3v) is 4.81. The Morgan fingerprint density at radius 1 is 1.13 bits per heavy atom. The highest BCUT2D eigenvalue weighted by Crippen LogP contribution is 2.23. The summed E-state index contributed by atoms with van der Waals surface area (Å²) in [7, 11) is 0. The second-order valence-corrected chi connectivity index (χ2v) is 6.23. The van der Waals surface area contributed by atoms with Gasteiger partial charge in [0.1, 0.15) is 0 Å². The maximum absolute atomic E-state index is 12.6. The van der Waals surface area contributed by atoms with Crippen molar-refractivity contribution in [3.05, 3.63) is 46.8 Å². The van der Waals surface area contributed by atoms with Crippen LogP contribution in [0.4, 0.5) is 10.7 Å². The Hall–Kier alpha value is -1.43. The van der Waals surface area contributed by atoms with Gasteiger partial charge in [-0.15, -0.1) is 36.2 Å². The second-order valence-electron chi connectivity index (χ2n) is 5.30. The minimum atomic E-state index is 0. The Morgan fingerprint density at radius 2 is 1.83 bits per heavy atom. The predicted octanol–water partition coefficient (Wildman–Crippen LogP) is 3.44. The Morgan fingerprint density at radius 3 is 2.43 bits per heavy atom. The van der Waals surface area contributed by atoms with Gasteiger partial charge in [0.25, 0.3) is 5.91 Å². The number of carbonyl (C=O) groups is 1. The van der Waals surface area contributed by atoms with Crippen LogP contribution in [-0.4, -0.2) is 37.0 Å². The molecule has 1 aromatic carbocycles. The third kappa shape index (κ3) is 4.31. The van der Waals surface area contributed by atoms with Gasteiger partial charge in [-0.3, -0.25) is 4.79 Å². The molecule has 2 N–H and O–H groups in total. The Bertz CT molecular complexity index is 641. The van der Waals surface area contributed by atoms with Crippen LogP contribution in [0.1, 0.15) is 15.9 Å². The zero-order chi connectivity index (χ0) is 14.8. The van der Waals surface area contributed by atoms with Crippen molar-refractivity contribution in [3.63, 3.8) is 0 Å². The van der Waals surface area contributed by atoms with Crippen LogP contribution in [-0.2, 0) is 0 Å². The van der Waals surface area contributed by atoms with Crippen molar-refractivity contribution in [2.24, 2.45) is 0 Å². The summed E-state index contributed by atoms with van der Waals surface area (Å²) in [5.74, 6) is 0.0885. The molecular formula is C16H21Cl2N3OS. The predicted molar refractivity (Wildman–Crippen MR) is 103 cm³/mol. The van der Waals surface area contributed by atoms with Gasteiger partial charge < -0.3 is 15.5 Å². The Balaban J connectivity index is 0.00000132. The van der Waals surface area contributed by atoms with Crippen molar-refractivity contribution in [3.8, 4) is 0 Å². The highest BCUT2D eigenvalue weighted by Gasteiger charge is 2.23. The fourth-order valence-corrected chi connectivity index (χ4v) is 3.41. The van der Waals surface area contributed by atoms with E-state index in [0.717, 1.165) is 37.3 Å². The first kappa shape index (κ1) is 19.6. The summed E-state index contributed by atoms with van der Waals surface area (Å²) < 4.78 is 0. The Labute approximate surface area is 153 Å². The van der Waals surface area contributed by atoms with Crippen LogP contribution in [0.5, 0.6) is 0 Å². The average molecular weight is 374 g/mol. The maximum atomic E-state index is 12.6. The number of nitrogens with zero attached hydrogens (tertiary/aromatic N) is 2. The van der Waals surface area contributed by atoms with E-state index in [2.05, 4.69) is 22.4 Å². The van der Waals surface area contributed by atoms with Crippen LogP contribution < -0.4 is 10.6 Å². The lowest BCUT2D eigenvalue weighted by Gasteiger charge is -2.35. The Kier molecular flexibility index (Phi) is 7.19. The maximum Gasteiger partial charge on any atom is 0.254 e. The molecule has 2 aromatic rings. The second kappa shape index (κ2) is 8.43. The van der Waals surface area contributed by atoms with Gasteiger partial charge in [0.15, 0.2) is 0 Å². The van der Waals surface area contributed by atoms with Gasteiger partial charge in [-0.25, -0.2) is 0 Å². The average Bonchev–Trinajstić information content (AvgIpc) is 3.03. The summed E-state index contributed by atoms with van der Waals surface area (Å²) in [5, 5.41) is 3.37. The van der Waals surface area contributed by atoms with Crippen molar-refractivity contribution in [1.82, 2.24) is 4.90 Å². The van der Waals surface area contributed by atoms with E-state index >= 15 is 0 Å². The van der Waals surface area contributed by atoms with E-state index in [4.69, 9.17) is 5.73 Å². The molecule has 1 aromatic heterocycles. The molecule has 0 saturated carbocycles. The number of aryl methyl sites for hydroxylation is 1. The molecular weight excluding hydrogens is 353 g/mol. The van der Waals surface area contributed by atoms with Crippen molar-refractivity contribution in [2.45, 2.75) is 6.92 Å². The largest absolute Gasteiger partial charge is 0.399 e. The van der Waals surface area contributed by atoms with Crippen LogP contribution in [0.3, 0.4) is 0 Å². The number of hydrogen-bond acceptors (Lipinski definition) is 4. The van der Waals surface area contributed by atoms with E-state index in [-0.39, 0.29) is 30.7 Å². The molecule has 1 aliphatic rings. The number of amides is 1. The van der Waals surface area contributed by atoms with Gasteiger partial charge in [0, 0.05) is 37.4 Å². The number of anilines is 2. The number of nitrogen functional groups attached to an aromatic ring is 1. The normalized spacial score (nSPS) is 14.0. The van der Waals surface area contributed by atoms with Crippen molar-refractivity contribution in [1.29, 1.82) is 0 Å². The summed E-state index contributed by atoms with van der Waals surface area (Å²) in [6.07, 6.45) is 0. The number of nitrogens with two attached hydrogens (primary N) is 1. The highest BCUT2D eigenvalue weighted by molar-refractivity contribution is 7.14. The van der Waals surface area contributed by atoms with Crippen molar-refractivity contribution < 1.29 is 4.79 Å². The summed E-state index contributed by atoms with van der Waals surface area (Å²) >= 11 is 1.75. The molecule has 3 rings (SSSR count). The molecule has 0 spiro atoms. The van der Waals surface area contributed by atoms with E-state index < -0.39 is 0 Å². The number of piperazine rings is 1. The lowest BCUT2D eigenvalue weighted by atomic mass is 10.1. The first-order valence-corrected chi connectivity index (χ1v) is 7.97. The monoisotopic (exact) mass is 373 g/mol. The molecule has 1 amide bonds. The van der Waals surface area contributed by atoms with Gasteiger partial charge >= 0.3 is 0 Å². The van der Waals surface area contributed by atoms with Gasteiger partial charge in [-0.2, -0.15) is 0 Å². The molecule has 1 saturated heterocycles. The molecule has 7 heteroatoms. The molecule has 0 unspecified atom stereocenters. The number of hydrogen-bond donors (Lipinski definition) is 1. The van der Waals surface area contributed by atoms with E-state index in [0.29, 0.717) is 5.69 Å². The number of rotatable bonds is 2. The lowest BCUT2D eigenvalue weighted by Crippen LogP contribution is -2.48. The van der Waals surface area contributed by atoms with Crippen molar-refractivity contribution >= 4 is 52.7 Å². The van der Waals surface area contributed by atoms with Crippen LogP contribution in [0, 0.1) is 6.92 Å². The van der Waals surface area contributed by atoms with Crippen LogP contribution >= 0.6 is 36.2 Å². The SMILES string of the molecule is Cc1ccc(N)cc1C(=O)N1CCN(c2cccs2)CC1.Cl.Cl. The van der Waals surface area contributed by atoms with Gasteiger partial charge in [0.2, 0.25) is 0 Å². The van der Waals surface area contributed by atoms with Crippen LogP contribution in [0.25, 0.3) is 0 Å². The molecule has 0 bridgehead atoms. The summed E-state index contributed by atoms with van der Waals surface area (Å²) in [6.45, 7) is 5.23. The quantitative estimate of drug-likeness (QED) is 0.820. The first-order valence-electron chi connectivity index (χ1n) is 7.09. The van der Waals surface area contributed by atoms with E-state index in [1.54, 1.807) is 17.4 Å². The molecule has 0 atom stereocenters.